The number of benzene rings is 1. The Morgan fingerprint density at radius 2 is 1.95 bits per heavy atom. The van der Waals surface area contributed by atoms with E-state index in [1.807, 2.05) is 50.7 Å². The molecule has 0 aliphatic rings. The number of hydrogen-bond donors (Lipinski definition) is 1. The van der Waals surface area contributed by atoms with Gasteiger partial charge in [0.25, 0.3) is 0 Å². The molecular weight excluding hydrogens is 256 g/mol. The van der Waals surface area contributed by atoms with Crippen molar-refractivity contribution in [3.8, 4) is 0 Å². The molecule has 0 spiro atoms. The number of hydrogen-bond acceptors (Lipinski definition) is 4. The Balaban J connectivity index is 2.73. The Morgan fingerprint density at radius 3 is 2.47 bits per heavy atom. The first-order chi connectivity index (χ1) is 8.94. The summed E-state index contributed by atoms with van der Waals surface area (Å²) < 4.78 is 0. The van der Waals surface area contributed by atoms with Crippen LogP contribution in [0.3, 0.4) is 0 Å². The fourth-order valence-electron chi connectivity index (χ4n) is 1.29. The van der Waals surface area contributed by atoms with Gasteiger partial charge in [0.2, 0.25) is 0 Å². The van der Waals surface area contributed by atoms with E-state index in [-0.39, 0.29) is 0 Å². The van der Waals surface area contributed by atoms with E-state index in [1.54, 1.807) is 29.9 Å². The van der Waals surface area contributed by atoms with Crippen LogP contribution in [0.25, 0.3) is 0 Å². The van der Waals surface area contributed by atoms with E-state index in [1.165, 1.54) is 4.90 Å². The summed E-state index contributed by atoms with van der Waals surface area (Å²) in [7, 11) is 3.72. The Morgan fingerprint density at radius 1 is 1.32 bits per heavy atom. The highest BCUT2D eigenvalue weighted by Crippen LogP contribution is 2.25. The van der Waals surface area contributed by atoms with Crippen LogP contribution < -0.4 is 0 Å². The van der Waals surface area contributed by atoms with Gasteiger partial charge in [-0.05, 0) is 31.4 Å². The maximum Gasteiger partial charge on any atom is 0.0650 e. The average molecular weight is 278 g/mol. The molecule has 0 heterocycles. The molecule has 0 unspecified atom stereocenters. The van der Waals surface area contributed by atoms with Crippen molar-refractivity contribution in [3.63, 3.8) is 0 Å². The Hall–Kier alpha value is -1.26. The molecule has 3 nitrogen and oxygen atoms in total. The van der Waals surface area contributed by atoms with Gasteiger partial charge in [-0.3, -0.25) is 0 Å². The maximum absolute atomic E-state index is 9.91. The number of rotatable bonds is 6. The minimum atomic E-state index is -0.496. The second-order valence-electron chi connectivity index (χ2n) is 4.87. The van der Waals surface area contributed by atoms with Crippen molar-refractivity contribution >= 4 is 18.0 Å². The summed E-state index contributed by atoms with van der Waals surface area (Å²) in [6, 6.07) is 10.1. The summed E-state index contributed by atoms with van der Waals surface area (Å²) in [6.45, 7) is 3.74. The van der Waals surface area contributed by atoms with Crippen LogP contribution in [0.1, 0.15) is 13.8 Å². The zero-order valence-electron chi connectivity index (χ0n) is 11.9. The van der Waals surface area contributed by atoms with Gasteiger partial charge in [-0.2, -0.15) is 5.10 Å². The SMILES string of the molecule is C[C@H](O)[C@@](C)(/C=N\N(C)C)/C=C/Sc1ccccc1. The average Bonchev–Trinajstić information content (AvgIpc) is 2.37. The van der Waals surface area contributed by atoms with E-state index in [0.29, 0.717) is 0 Å². The molecule has 0 bridgehead atoms. The van der Waals surface area contributed by atoms with Crippen molar-refractivity contribution in [2.24, 2.45) is 10.5 Å². The number of aliphatic hydroxyl groups excluding tert-OH is 1. The van der Waals surface area contributed by atoms with E-state index in [9.17, 15) is 5.11 Å². The first-order valence-electron chi connectivity index (χ1n) is 6.24. The molecule has 1 N–H and O–H groups in total. The molecular formula is C15H22N2OS. The summed E-state index contributed by atoms with van der Waals surface area (Å²) >= 11 is 1.63. The topological polar surface area (TPSA) is 35.8 Å². The van der Waals surface area contributed by atoms with Crippen molar-refractivity contribution in [1.29, 1.82) is 0 Å². The second-order valence-corrected chi connectivity index (χ2v) is 5.85. The van der Waals surface area contributed by atoms with Gasteiger partial charge < -0.3 is 10.1 Å². The number of hydrazone groups is 1. The monoisotopic (exact) mass is 278 g/mol. The molecule has 2 atom stereocenters. The standard InChI is InChI=1S/C15H22N2OS/c1-13(18)15(2,12-16-17(3)4)10-11-19-14-8-6-5-7-9-14/h5-13,18H,1-4H3/b11-10+,16-12-/t13-,15+/m0/s1. The minimum Gasteiger partial charge on any atom is -0.392 e. The van der Waals surface area contributed by atoms with Gasteiger partial charge >= 0.3 is 0 Å². The first-order valence-corrected chi connectivity index (χ1v) is 7.12. The van der Waals surface area contributed by atoms with E-state index >= 15 is 0 Å². The van der Waals surface area contributed by atoms with Crippen LogP contribution in [0.5, 0.6) is 0 Å². The number of thioether (sulfide) groups is 1. The quantitative estimate of drug-likeness (QED) is 0.493. The fraction of sp³-hybridized carbons (Fsp3) is 0.400. The number of aliphatic hydroxyl groups is 1. The van der Waals surface area contributed by atoms with Gasteiger partial charge in [-0.15, -0.1) is 0 Å². The van der Waals surface area contributed by atoms with E-state index in [0.717, 1.165) is 0 Å². The smallest absolute Gasteiger partial charge is 0.0650 e. The molecule has 0 aliphatic carbocycles. The van der Waals surface area contributed by atoms with Crippen molar-refractivity contribution in [1.82, 2.24) is 5.01 Å². The molecule has 0 radical (unpaired) electrons. The van der Waals surface area contributed by atoms with Crippen LogP contribution in [-0.2, 0) is 0 Å². The zero-order valence-corrected chi connectivity index (χ0v) is 12.8. The zero-order chi connectivity index (χ0) is 14.3. The predicted octanol–water partition coefficient (Wildman–Crippen LogP) is 3.23. The molecule has 104 valence electrons. The van der Waals surface area contributed by atoms with Gasteiger partial charge in [0.1, 0.15) is 0 Å². The lowest BCUT2D eigenvalue weighted by molar-refractivity contribution is 0.130. The summed E-state index contributed by atoms with van der Waals surface area (Å²) in [5.74, 6) is 0. The highest BCUT2D eigenvalue weighted by atomic mass is 32.2. The Bertz CT molecular complexity index is 429. The van der Waals surface area contributed by atoms with Gasteiger partial charge in [0.05, 0.1) is 6.10 Å². The van der Waals surface area contributed by atoms with Crippen LogP contribution in [-0.4, -0.2) is 36.5 Å². The third-order valence-corrected chi connectivity index (χ3v) is 3.66. The first kappa shape index (κ1) is 15.8. The molecule has 0 aromatic heterocycles. The van der Waals surface area contributed by atoms with E-state index < -0.39 is 11.5 Å². The fourth-order valence-corrected chi connectivity index (χ4v) is 2.12. The van der Waals surface area contributed by atoms with Crippen molar-refractivity contribution in [2.45, 2.75) is 24.8 Å². The molecule has 1 aromatic carbocycles. The second kappa shape index (κ2) is 7.36. The molecule has 0 amide bonds. The molecule has 0 saturated carbocycles. The van der Waals surface area contributed by atoms with Crippen LogP contribution in [0, 0.1) is 5.41 Å². The van der Waals surface area contributed by atoms with Gasteiger partial charge in [-0.25, -0.2) is 0 Å². The van der Waals surface area contributed by atoms with Gasteiger partial charge in [0.15, 0.2) is 0 Å². The maximum atomic E-state index is 9.91. The van der Waals surface area contributed by atoms with Gasteiger partial charge in [0, 0.05) is 30.6 Å². The molecule has 19 heavy (non-hydrogen) atoms. The lowest BCUT2D eigenvalue weighted by Crippen LogP contribution is -2.30. The molecule has 1 rings (SSSR count). The molecule has 0 aliphatic heterocycles. The Kier molecular flexibility index (Phi) is 6.12. The van der Waals surface area contributed by atoms with Crippen molar-refractivity contribution < 1.29 is 5.11 Å². The summed E-state index contributed by atoms with van der Waals surface area (Å²) in [6.07, 6.45) is 3.27. The third kappa shape index (κ3) is 5.49. The summed E-state index contributed by atoms with van der Waals surface area (Å²) in [5.41, 5.74) is -0.466. The lowest BCUT2D eigenvalue weighted by Gasteiger charge is -2.25. The Labute approximate surface area is 120 Å². The van der Waals surface area contributed by atoms with Crippen LogP contribution in [0.2, 0.25) is 0 Å². The normalized spacial score (nSPS) is 16.7. The lowest BCUT2D eigenvalue weighted by atomic mass is 9.87. The van der Waals surface area contributed by atoms with E-state index in [2.05, 4.69) is 17.2 Å². The van der Waals surface area contributed by atoms with Gasteiger partial charge in [-0.1, -0.05) is 36.0 Å². The van der Waals surface area contributed by atoms with Crippen molar-refractivity contribution in [3.05, 3.63) is 41.8 Å². The highest BCUT2D eigenvalue weighted by Gasteiger charge is 2.25. The van der Waals surface area contributed by atoms with E-state index in [4.69, 9.17) is 0 Å². The highest BCUT2D eigenvalue weighted by molar-refractivity contribution is 8.02. The summed E-state index contributed by atoms with van der Waals surface area (Å²) in [5, 5.41) is 17.9. The molecule has 0 fully saturated rings. The molecule has 1 aromatic rings. The van der Waals surface area contributed by atoms with Crippen LogP contribution in [0.15, 0.2) is 51.8 Å². The molecule has 0 saturated heterocycles. The third-order valence-electron chi connectivity index (χ3n) is 2.84. The largest absolute Gasteiger partial charge is 0.392 e. The number of nitrogens with zero attached hydrogens (tertiary/aromatic N) is 2. The van der Waals surface area contributed by atoms with Crippen LogP contribution >= 0.6 is 11.8 Å². The predicted molar refractivity (Wildman–Crippen MR) is 83.4 cm³/mol. The molecule has 4 heteroatoms. The minimum absolute atomic E-state index is 0.466. The van der Waals surface area contributed by atoms with Crippen molar-refractivity contribution in [2.75, 3.05) is 14.1 Å². The summed E-state index contributed by atoms with van der Waals surface area (Å²) in [4.78, 5) is 1.18. The van der Waals surface area contributed by atoms with Crippen LogP contribution in [0.4, 0.5) is 0 Å².